The highest BCUT2D eigenvalue weighted by atomic mass is 35.5. The summed E-state index contributed by atoms with van der Waals surface area (Å²) >= 11 is 6.47. The molecule has 2 N–H and O–H groups in total. The number of hydrogen-bond donors (Lipinski definition) is 2. The maximum absolute atomic E-state index is 13.0. The number of carbonyl (C=O) groups is 1. The fourth-order valence-corrected chi connectivity index (χ4v) is 5.34. The van der Waals surface area contributed by atoms with Crippen LogP contribution in [0, 0.1) is 11.8 Å². The number of rotatable bonds is 3. The number of cyclic esters (lactones) is 1. The minimum Gasteiger partial charge on any atom is -0.457 e. The second kappa shape index (κ2) is 9.28. The second-order valence-electron chi connectivity index (χ2n) is 10.2. The van der Waals surface area contributed by atoms with Gasteiger partial charge in [0, 0.05) is 31.2 Å². The predicted octanol–water partition coefficient (Wildman–Crippen LogP) is 4.57. The van der Waals surface area contributed by atoms with Crippen LogP contribution in [0.1, 0.15) is 44.5 Å². The van der Waals surface area contributed by atoms with Gasteiger partial charge in [-0.15, -0.1) is 0 Å². The number of anilines is 4. The maximum atomic E-state index is 13.0. The molecule has 0 amide bonds. The van der Waals surface area contributed by atoms with Crippen LogP contribution in [0.25, 0.3) is 10.9 Å². The van der Waals surface area contributed by atoms with E-state index in [1.54, 1.807) is 20.2 Å². The summed E-state index contributed by atoms with van der Waals surface area (Å²) < 4.78 is 6.96. The van der Waals surface area contributed by atoms with Crippen molar-refractivity contribution in [2.24, 2.45) is 18.9 Å². The quantitative estimate of drug-likeness (QED) is 0.494. The zero-order valence-electron chi connectivity index (χ0n) is 21.1. The van der Waals surface area contributed by atoms with E-state index in [1.165, 1.54) is 11.0 Å². The third-order valence-corrected chi connectivity index (χ3v) is 7.39. The Morgan fingerprint density at radius 3 is 2.58 bits per heavy atom. The SMILES string of the molecule is C[C@@H]1C[C@H](C)CN(c2ncc(Cl)c(Nc3ccc4c(c3)c3c(c(=O)n4C)C(=O)O[C@@H](C)[C@@H](C)N3)n2)C1. The first-order valence-corrected chi connectivity index (χ1v) is 12.7. The summed E-state index contributed by atoms with van der Waals surface area (Å²) in [7, 11) is 1.65. The summed E-state index contributed by atoms with van der Waals surface area (Å²) in [6.45, 7) is 10.0. The van der Waals surface area contributed by atoms with E-state index in [0.29, 0.717) is 39.8 Å². The third kappa shape index (κ3) is 4.36. The molecule has 1 aromatic carbocycles. The Morgan fingerprint density at radius 1 is 1.14 bits per heavy atom. The van der Waals surface area contributed by atoms with E-state index in [-0.39, 0.29) is 17.7 Å². The van der Waals surface area contributed by atoms with Gasteiger partial charge in [-0.25, -0.2) is 9.78 Å². The summed E-state index contributed by atoms with van der Waals surface area (Å²) in [6.07, 6.45) is 2.43. The fourth-order valence-electron chi connectivity index (χ4n) is 5.20. The fraction of sp³-hybridized carbons (Fsp3) is 0.462. The molecule has 0 aliphatic carbocycles. The lowest BCUT2D eigenvalue weighted by Crippen LogP contribution is -2.39. The molecule has 4 heterocycles. The van der Waals surface area contributed by atoms with Gasteiger partial charge in [0.15, 0.2) is 5.82 Å². The van der Waals surface area contributed by atoms with Crippen LogP contribution >= 0.6 is 11.6 Å². The average molecular weight is 511 g/mol. The first-order chi connectivity index (χ1) is 17.1. The van der Waals surface area contributed by atoms with E-state index >= 15 is 0 Å². The molecule has 10 heteroatoms. The molecule has 9 nitrogen and oxygen atoms in total. The molecule has 0 spiro atoms. The number of aryl methyl sites for hydroxylation is 1. The zero-order valence-corrected chi connectivity index (χ0v) is 21.9. The number of hydrogen-bond acceptors (Lipinski definition) is 8. The van der Waals surface area contributed by atoms with E-state index in [9.17, 15) is 9.59 Å². The predicted molar refractivity (Wildman–Crippen MR) is 143 cm³/mol. The standard InChI is InChI=1S/C26H31ClN6O3/c1-13-8-14(2)12-33(11-13)26-28-10-19(27)23(31-26)30-17-6-7-20-18(9-17)22-21(24(34)32(20)5)25(35)36-16(4)15(3)29-22/h6-7,9-10,13-16,29H,8,11-12H2,1-5H3,(H,28,30,31)/t13-,14+,15-,16+/m1/s1. The molecule has 1 fully saturated rings. The van der Waals surface area contributed by atoms with Crippen LogP contribution in [0.15, 0.2) is 29.2 Å². The van der Waals surface area contributed by atoms with Crippen molar-refractivity contribution in [1.29, 1.82) is 0 Å². The van der Waals surface area contributed by atoms with Crippen LogP contribution in [-0.4, -0.2) is 45.7 Å². The van der Waals surface area contributed by atoms with E-state index in [0.717, 1.165) is 24.2 Å². The molecular formula is C26H31ClN6O3. The van der Waals surface area contributed by atoms with E-state index in [1.807, 2.05) is 25.1 Å². The number of pyridine rings is 1. The van der Waals surface area contributed by atoms with E-state index in [2.05, 4.69) is 34.4 Å². The van der Waals surface area contributed by atoms with Gasteiger partial charge in [-0.3, -0.25) is 4.79 Å². The Labute approximate surface area is 214 Å². The van der Waals surface area contributed by atoms with Gasteiger partial charge >= 0.3 is 5.97 Å². The van der Waals surface area contributed by atoms with Crippen molar-refractivity contribution in [3.8, 4) is 0 Å². The highest BCUT2D eigenvalue weighted by molar-refractivity contribution is 6.33. The van der Waals surface area contributed by atoms with Gasteiger partial charge in [0.25, 0.3) is 5.56 Å². The molecule has 2 aromatic heterocycles. The molecule has 0 bridgehead atoms. The minimum atomic E-state index is -0.622. The van der Waals surface area contributed by atoms with Gasteiger partial charge in [-0.1, -0.05) is 25.4 Å². The average Bonchev–Trinajstić information content (AvgIpc) is 2.93. The number of fused-ring (bicyclic) bond motifs is 3. The zero-order chi connectivity index (χ0) is 25.7. The molecule has 36 heavy (non-hydrogen) atoms. The monoisotopic (exact) mass is 510 g/mol. The molecule has 2 aliphatic heterocycles. The van der Waals surface area contributed by atoms with Crippen LogP contribution in [0.4, 0.5) is 23.1 Å². The highest BCUT2D eigenvalue weighted by Gasteiger charge is 2.31. The summed E-state index contributed by atoms with van der Waals surface area (Å²) in [4.78, 5) is 37.2. The first kappa shape index (κ1) is 24.4. The smallest absolute Gasteiger partial charge is 0.346 e. The third-order valence-electron chi connectivity index (χ3n) is 7.11. The number of ether oxygens (including phenoxy) is 1. The molecule has 0 unspecified atom stereocenters. The Bertz CT molecular complexity index is 1400. The Balaban J connectivity index is 1.55. The molecule has 4 atom stereocenters. The van der Waals surface area contributed by atoms with Gasteiger partial charge in [0.2, 0.25) is 5.95 Å². The number of halogens is 1. The summed E-state index contributed by atoms with van der Waals surface area (Å²) in [6, 6.07) is 5.42. The van der Waals surface area contributed by atoms with Gasteiger partial charge in [0.05, 0.1) is 23.4 Å². The number of nitrogens with one attached hydrogen (secondary N) is 2. The molecule has 190 valence electrons. The molecule has 5 rings (SSSR count). The lowest BCUT2D eigenvalue weighted by Gasteiger charge is -2.35. The number of esters is 1. The van der Waals surface area contributed by atoms with Crippen LogP contribution in [0.5, 0.6) is 0 Å². The molecule has 3 aromatic rings. The molecule has 0 saturated carbocycles. The van der Waals surface area contributed by atoms with Gasteiger partial charge in [-0.2, -0.15) is 4.98 Å². The highest BCUT2D eigenvalue weighted by Crippen LogP contribution is 2.33. The van der Waals surface area contributed by atoms with Crippen LogP contribution < -0.4 is 21.1 Å². The molecule has 1 saturated heterocycles. The van der Waals surface area contributed by atoms with Crippen molar-refractivity contribution in [2.45, 2.75) is 46.3 Å². The van der Waals surface area contributed by atoms with Crippen LogP contribution in [0.2, 0.25) is 5.02 Å². The lowest BCUT2D eigenvalue weighted by molar-refractivity contribution is 0.0325. The first-order valence-electron chi connectivity index (χ1n) is 12.3. The summed E-state index contributed by atoms with van der Waals surface area (Å²) in [5.41, 5.74) is 1.50. The van der Waals surface area contributed by atoms with Crippen molar-refractivity contribution >= 4 is 51.6 Å². The topological polar surface area (TPSA) is 101 Å². The van der Waals surface area contributed by atoms with Crippen LogP contribution in [-0.2, 0) is 11.8 Å². The van der Waals surface area contributed by atoms with Gasteiger partial charge < -0.3 is 24.8 Å². The van der Waals surface area contributed by atoms with Crippen molar-refractivity contribution in [1.82, 2.24) is 14.5 Å². The molecule has 0 radical (unpaired) electrons. The number of carbonyl (C=O) groups excluding carboxylic acids is 1. The molecular weight excluding hydrogens is 480 g/mol. The second-order valence-corrected chi connectivity index (χ2v) is 10.6. The van der Waals surface area contributed by atoms with Crippen molar-refractivity contribution in [2.75, 3.05) is 28.6 Å². The minimum absolute atomic E-state index is 0.00837. The van der Waals surface area contributed by atoms with E-state index in [4.69, 9.17) is 21.3 Å². The Morgan fingerprint density at radius 2 is 1.86 bits per heavy atom. The van der Waals surface area contributed by atoms with Crippen LogP contribution in [0.3, 0.4) is 0 Å². The summed E-state index contributed by atoms with van der Waals surface area (Å²) in [5.74, 6) is 1.65. The Kier molecular flexibility index (Phi) is 6.28. The van der Waals surface area contributed by atoms with Gasteiger partial charge in [0.1, 0.15) is 16.7 Å². The Hall–Kier alpha value is -3.33. The van der Waals surface area contributed by atoms with Gasteiger partial charge in [-0.05, 0) is 50.3 Å². The van der Waals surface area contributed by atoms with E-state index < -0.39 is 11.5 Å². The maximum Gasteiger partial charge on any atom is 0.346 e. The number of benzene rings is 1. The lowest BCUT2D eigenvalue weighted by atomic mass is 9.92. The van der Waals surface area contributed by atoms with Crippen molar-refractivity contribution in [3.63, 3.8) is 0 Å². The summed E-state index contributed by atoms with van der Waals surface area (Å²) in [5, 5.41) is 7.77. The largest absolute Gasteiger partial charge is 0.457 e. The number of piperidine rings is 1. The van der Waals surface area contributed by atoms with Crippen molar-refractivity contribution in [3.05, 3.63) is 45.3 Å². The van der Waals surface area contributed by atoms with Crippen molar-refractivity contribution < 1.29 is 9.53 Å². The number of nitrogens with zero attached hydrogens (tertiary/aromatic N) is 4. The number of aromatic nitrogens is 3. The molecule has 2 aliphatic rings. The normalized spacial score (nSPS) is 24.1.